The summed E-state index contributed by atoms with van der Waals surface area (Å²) in [5.74, 6) is -0.667. The van der Waals surface area contributed by atoms with Gasteiger partial charge in [0.05, 0.1) is 11.7 Å². The smallest absolute Gasteiger partial charge is 0.389 e. The number of anilines is 1. The number of para-hydroxylation sites is 1. The van der Waals surface area contributed by atoms with E-state index < -0.39 is 23.8 Å². The molecule has 116 valence electrons. The third kappa shape index (κ3) is 3.65. The van der Waals surface area contributed by atoms with Gasteiger partial charge in [-0.1, -0.05) is 24.3 Å². The van der Waals surface area contributed by atoms with Gasteiger partial charge in [0.15, 0.2) is 0 Å². The van der Waals surface area contributed by atoms with Crippen LogP contribution in [0.4, 0.5) is 18.9 Å². The summed E-state index contributed by atoms with van der Waals surface area (Å²) in [6.07, 6.45) is -5.31. The number of nitrogens with one attached hydrogen (secondary N) is 1. The lowest BCUT2D eigenvalue weighted by molar-refractivity contribution is -0.137. The molecule has 1 atom stereocenters. The number of rotatable bonds is 3. The Bertz CT molecular complexity index is 681. The van der Waals surface area contributed by atoms with E-state index in [-0.39, 0.29) is 5.56 Å². The van der Waals surface area contributed by atoms with Gasteiger partial charge in [-0.05, 0) is 31.2 Å². The summed E-state index contributed by atoms with van der Waals surface area (Å²) in [5.41, 5.74) is -0.137. The molecule has 3 nitrogen and oxygen atoms in total. The summed E-state index contributed by atoms with van der Waals surface area (Å²) in [6, 6.07) is 10.7. The number of benzene rings is 2. The van der Waals surface area contributed by atoms with E-state index in [4.69, 9.17) is 0 Å². The fraction of sp³-hybridized carbons (Fsp3) is 0.188. The van der Waals surface area contributed by atoms with Gasteiger partial charge in [-0.3, -0.25) is 4.79 Å². The van der Waals surface area contributed by atoms with Crippen molar-refractivity contribution >= 4 is 11.6 Å². The van der Waals surface area contributed by atoms with Crippen molar-refractivity contribution in [3.05, 3.63) is 65.2 Å². The Morgan fingerprint density at radius 1 is 1.14 bits per heavy atom. The molecule has 0 aliphatic rings. The number of carbonyl (C=O) groups excluding carboxylic acids is 1. The molecule has 0 saturated heterocycles. The Morgan fingerprint density at radius 3 is 2.45 bits per heavy atom. The molecule has 0 aliphatic heterocycles. The molecule has 1 unspecified atom stereocenters. The highest BCUT2D eigenvalue weighted by Crippen LogP contribution is 2.30. The second kappa shape index (κ2) is 6.19. The zero-order chi connectivity index (χ0) is 16.3. The average Bonchev–Trinajstić information content (AvgIpc) is 2.47. The molecule has 0 radical (unpaired) electrons. The molecule has 2 N–H and O–H groups in total. The normalized spacial score (nSPS) is 12.8. The van der Waals surface area contributed by atoms with Gasteiger partial charge in [0, 0.05) is 16.8 Å². The minimum absolute atomic E-state index is 0.102. The van der Waals surface area contributed by atoms with Crippen LogP contribution in [-0.2, 0) is 6.18 Å². The topological polar surface area (TPSA) is 49.3 Å². The SMILES string of the molecule is CC(O)c1ccccc1NC(=O)c1cccc(C(F)(F)F)c1. The second-order valence-electron chi connectivity index (χ2n) is 4.80. The van der Waals surface area contributed by atoms with Gasteiger partial charge in [0.25, 0.3) is 5.91 Å². The second-order valence-corrected chi connectivity index (χ2v) is 4.80. The van der Waals surface area contributed by atoms with Crippen molar-refractivity contribution in [1.82, 2.24) is 0 Å². The van der Waals surface area contributed by atoms with Crippen molar-refractivity contribution < 1.29 is 23.1 Å². The van der Waals surface area contributed by atoms with E-state index in [1.54, 1.807) is 24.3 Å². The van der Waals surface area contributed by atoms with Crippen molar-refractivity contribution in [3.63, 3.8) is 0 Å². The molecule has 2 aromatic carbocycles. The Balaban J connectivity index is 2.27. The summed E-state index contributed by atoms with van der Waals surface area (Å²) in [7, 11) is 0. The first-order valence-corrected chi connectivity index (χ1v) is 6.54. The van der Waals surface area contributed by atoms with Gasteiger partial charge in [0.2, 0.25) is 0 Å². The molecule has 1 amide bonds. The predicted molar refractivity (Wildman–Crippen MR) is 76.5 cm³/mol. The molecule has 2 aromatic rings. The molecule has 0 bridgehead atoms. The van der Waals surface area contributed by atoms with E-state index in [9.17, 15) is 23.1 Å². The van der Waals surface area contributed by atoms with Crippen molar-refractivity contribution in [2.24, 2.45) is 0 Å². The number of hydrogen-bond acceptors (Lipinski definition) is 2. The molecule has 22 heavy (non-hydrogen) atoms. The molecule has 0 aliphatic carbocycles. The first-order chi connectivity index (χ1) is 10.3. The van der Waals surface area contributed by atoms with E-state index in [1.165, 1.54) is 19.1 Å². The molecule has 0 spiro atoms. The maximum atomic E-state index is 12.7. The monoisotopic (exact) mass is 309 g/mol. The van der Waals surface area contributed by atoms with Crippen LogP contribution in [-0.4, -0.2) is 11.0 Å². The van der Waals surface area contributed by atoms with Crippen LogP contribution in [0.1, 0.15) is 34.5 Å². The Labute approximate surface area is 125 Å². The van der Waals surface area contributed by atoms with Crippen LogP contribution >= 0.6 is 0 Å². The third-order valence-corrected chi connectivity index (χ3v) is 3.11. The maximum absolute atomic E-state index is 12.7. The standard InChI is InChI=1S/C16H14F3NO2/c1-10(21)13-7-2-3-8-14(13)20-15(22)11-5-4-6-12(9-11)16(17,18)19/h2-10,21H,1H3,(H,20,22). The van der Waals surface area contributed by atoms with Crippen LogP contribution in [0.25, 0.3) is 0 Å². The van der Waals surface area contributed by atoms with E-state index >= 15 is 0 Å². The number of hydrogen-bond donors (Lipinski definition) is 2. The maximum Gasteiger partial charge on any atom is 0.416 e. The fourth-order valence-corrected chi connectivity index (χ4v) is 2.01. The summed E-state index contributed by atoms with van der Waals surface area (Å²) in [4.78, 5) is 12.1. The van der Waals surface area contributed by atoms with E-state index in [0.717, 1.165) is 12.1 Å². The largest absolute Gasteiger partial charge is 0.416 e. The van der Waals surface area contributed by atoms with Crippen LogP contribution in [0.2, 0.25) is 0 Å². The highest BCUT2D eigenvalue weighted by Gasteiger charge is 2.30. The molecular formula is C16H14F3NO2. The van der Waals surface area contributed by atoms with Crippen molar-refractivity contribution in [1.29, 1.82) is 0 Å². The molecule has 0 fully saturated rings. The van der Waals surface area contributed by atoms with Gasteiger partial charge in [-0.15, -0.1) is 0 Å². The number of carbonyl (C=O) groups is 1. The first kappa shape index (κ1) is 16.0. The first-order valence-electron chi connectivity index (χ1n) is 6.54. The van der Waals surface area contributed by atoms with Gasteiger partial charge < -0.3 is 10.4 Å². The highest BCUT2D eigenvalue weighted by molar-refractivity contribution is 6.04. The third-order valence-electron chi connectivity index (χ3n) is 3.11. The minimum Gasteiger partial charge on any atom is -0.389 e. The molecule has 0 aromatic heterocycles. The quantitative estimate of drug-likeness (QED) is 0.900. The number of amides is 1. The van der Waals surface area contributed by atoms with Gasteiger partial charge in [-0.25, -0.2) is 0 Å². The van der Waals surface area contributed by atoms with Crippen LogP contribution in [0.15, 0.2) is 48.5 Å². The minimum atomic E-state index is -4.51. The fourth-order valence-electron chi connectivity index (χ4n) is 2.01. The lowest BCUT2D eigenvalue weighted by Gasteiger charge is -2.13. The molecule has 0 heterocycles. The number of halogens is 3. The number of aliphatic hydroxyl groups is 1. The van der Waals surface area contributed by atoms with Crippen LogP contribution < -0.4 is 5.32 Å². The zero-order valence-corrected chi connectivity index (χ0v) is 11.7. The summed E-state index contributed by atoms with van der Waals surface area (Å²) < 4.78 is 38.0. The van der Waals surface area contributed by atoms with E-state index in [0.29, 0.717) is 11.3 Å². The molecule has 6 heteroatoms. The van der Waals surface area contributed by atoms with E-state index in [1.807, 2.05) is 0 Å². The van der Waals surface area contributed by atoms with Crippen molar-refractivity contribution in [3.8, 4) is 0 Å². The lowest BCUT2D eigenvalue weighted by Crippen LogP contribution is -2.15. The summed E-state index contributed by atoms with van der Waals surface area (Å²) >= 11 is 0. The van der Waals surface area contributed by atoms with Crippen LogP contribution in [0, 0.1) is 0 Å². The Hall–Kier alpha value is -2.34. The van der Waals surface area contributed by atoms with Crippen LogP contribution in [0.3, 0.4) is 0 Å². The Kier molecular flexibility index (Phi) is 4.51. The molecule has 0 saturated carbocycles. The summed E-state index contributed by atoms with van der Waals surface area (Å²) in [6.45, 7) is 1.54. The van der Waals surface area contributed by atoms with Gasteiger partial charge >= 0.3 is 6.18 Å². The van der Waals surface area contributed by atoms with Gasteiger partial charge in [-0.2, -0.15) is 13.2 Å². The summed E-state index contributed by atoms with van der Waals surface area (Å²) in [5, 5.41) is 12.2. The molecule has 2 rings (SSSR count). The number of aliphatic hydroxyl groups excluding tert-OH is 1. The highest BCUT2D eigenvalue weighted by atomic mass is 19.4. The zero-order valence-electron chi connectivity index (χ0n) is 11.7. The number of alkyl halides is 3. The Morgan fingerprint density at radius 2 is 1.82 bits per heavy atom. The lowest BCUT2D eigenvalue weighted by atomic mass is 10.1. The predicted octanol–water partition coefficient (Wildman–Crippen LogP) is 4.01. The van der Waals surface area contributed by atoms with Crippen molar-refractivity contribution in [2.45, 2.75) is 19.2 Å². The van der Waals surface area contributed by atoms with Crippen molar-refractivity contribution in [2.75, 3.05) is 5.32 Å². The molecular weight excluding hydrogens is 295 g/mol. The van der Waals surface area contributed by atoms with Gasteiger partial charge in [0.1, 0.15) is 0 Å². The van der Waals surface area contributed by atoms with Crippen LogP contribution in [0.5, 0.6) is 0 Å². The van der Waals surface area contributed by atoms with E-state index in [2.05, 4.69) is 5.32 Å². The average molecular weight is 309 g/mol.